The monoisotopic (exact) mass is 297 g/mol. The highest BCUT2D eigenvalue weighted by Crippen LogP contribution is 2.29. The van der Waals surface area contributed by atoms with E-state index in [1.54, 1.807) is 0 Å². The Balaban J connectivity index is 1.85. The first-order chi connectivity index (χ1) is 10.2. The Morgan fingerprint density at radius 2 is 1.29 bits per heavy atom. The molecule has 0 aromatic rings. The van der Waals surface area contributed by atoms with Crippen LogP contribution in [0.3, 0.4) is 0 Å². The van der Waals surface area contributed by atoms with E-state index in [4.69, 9.17) is 0 Å². The molecule has 2 heteroatoms. The second-order valence-corrected chi connectivity index (χ2v) is 7.35. The van der Waals surface area contributed by atoms with Crippen molar-refractivity contribution >= 4 is 0 Å². The van der Waals surface area contributed by atoms with Crippen molar-refractivity contribution in [3.8, 4) is 0 Å². The molecule has 1 aliphatic rings. The molecule has 2 nitrogen and oxygen atoms in total. The van der Waals surface area contributed by atoms with Crippen LogP contribution in [-0.2, 0) is 0 Å². The molecule has 0 aromatic carbocycles. The second-order valence-electron chi connectivity index (χ2n) is 7.35. The number of hydrogen-bond donors (Lipinski definition) is 1. The number of likely N-dealkylation sites (N-methyl/N-ethyl adjacent to an activating group) is 1. The van der Waals surface area contributed by atoms with Crippen LogP contribution in [0.5, 0.6) is 0 Å². The summed E-state index contributed by atoms with van der Waals surface area (Å²) in [6, 6.07) is 0. The summed E-state index contributed by atoms with van der Waals surface area (Å²) >= 11 is 0. The fraction of sp³-hybridized carbons (Fsp3) is 1.00. The Morgan fingerprint density at radius 1 is 0.810 bits per heavy atom. The molecule has 1 rings (SSSR count). The fourth-order valence-electron chi connectivity index (χ4n) is 3.64. The third-order valence-electron chi connectivity index (χ3n) is 4.99. The summed E-state index contributed by atoms with van der Waals surface area (Å²) in [5.74, 6) is 0. The van der Waals surface area contributed by atoms with Gasteiger partial charge in [-0.2, -0.15) is 0 Å². The summed E-state index contributed by atoms with van der Waals surface area (Å²) in [6.07, 6.45) is 18.4. The first kappa shape index (κ1) is 19.0. The van der Waals surface area contributed by atoms with Gasteiger partial charge in [0.1, 0.15) is 0 Å². The van der Waals surface area contributed by atoms with Crippen LogP contribution in [0.1, 0.15) is 96.8 Å². The average molecular weight is 298 g/mol. The lowest BCUT2D eigenvalue weighted by molar-refractivity contribution is 0.0161. The normalized spacial score (nSPS) is 17.7. The maximum Gasteiger partial charge on any atom is 0.0774 e. The zero-order valence-corrected chi connectivity index (χ0v) is 14.7. The molecule has 1 fully saturated rings. The Hall–Kier alpha value is -0.0800. The number of aliphatic hydroxyl groups is 1. The predicted molar refractivity (Wildman–Crippen MR) is 92.8 cm³/mol. The quantitative estimate of drug-likeness (QED) is 0.476. The third kappa shape index (κ3) is 9.52. The van der Waals surface area contributed by atoms with Gasteiger partial charge in [-0.15, -0.1) is 0 Å². The van der Waals surface area contributed by atoms with Crippen LogP contribution in [0.2, 0.25) is 0 Å². The van der Waals surface area contributed by atoms with E-state index in [1.165, 1.54) is 77.0 Å². The molecule has 0 saturated heterocycles. The van der Waals surface area contributed by atoms with Crippen LogP contribution in [0.4, 0.5) is 0 Å². The molecule has 0 bridgehead atoms. The molecule has 0 atom stereocenters. The highest BCUT2D eigenvalue weighted by molar-refractivity contribution is 4.86. The van der Waals surface area contributed by atoms with E-state index >= 15 is 0 Å². The second kappa shape index (κ2) is 11.5. The molecule has 0 heterocycles. The van der Waals surface area contributed by atoms with Gasteiger partial charge in [0.25, 0.3) is 0 Å². The molecule has 0 unspecified atom stereocenters. The lowest BCUT2D eigenvalue weighted by atomic mass is 10.0. The van der Waals surface area contributed by atoms with Gasteiger partial charge in [-0.05, 0) is 32.9 Å². The third-order valence-corrected chi connectivity index (χ3v) is 4.99. The molecule has 1 N–H and O–H groups in total. The molecule has 0 aliphatic heterocycles. The van der Waals surface area contributed by atoms with Crippen molar-refractivity contribution in [2.24, 2.45) is 0 Å². The van der Waals surface area contributed by atoms with E-state index < -0.39 is 0 Å². The highest BCUT2D eigenvalue weighted by atomic mass is 16.3. The Labute approximate surface area is 133 Å². The fourth-order valence-corrected chi connectivity index (χ4v) is 3.64. The number of rotatable bonds is 13. The van der Waals surface area contributed by atoms with E-state index in [9.17, 15) is 5.11 Å². The molecule has 126 valence electrons. The van der Waals surface area contributed by atoms with Crippen molar-refractivity contribution in [2.75, 3.05) is 20.1 Å². The van der Waals surface area contributed by atoms with Gasteiger partial charge in [0.2, 0.25) is 0 Å². The van der Waals surface area contributed by atoms with E-state index in [1.807, 2.05) is 0 Å². The summed E-state index contributed by atoms with van der Waals surface area (Å²) in [6.45, 7) is 4.31. The zero-order valence-electron chi connectivity index (χ0n) is 14.7. The van der Waals surface area contributed by atoms with Crippen molar-refractivity contribution < 1.29 is 5.11 Å². The molecular formula is C19H39NO. The molecule has 0 spiro atoms. The van der Waals surface area contributed by atoms with Crippen molar-refractivity contribution in [3.63, 3.8) is 0 Å². The Kier molecular flexibility index (Phi) is 10.4. The lowest BCUT2D eigenvalue weighted by Gasteiger charge is -2.28. The summed E-state index contributed by atoms with van der Waals surface area (Å²) in [5.41, 5.74) is -0.368. The molecule has 0 aromatic heterocycles. The average Bonchev–Trinajstić information content (AvgIpc) is 2.87. The first-order valence-corrected chi connectivity index (χ1v) is 9.57. The summed E-state index contributed by atoms with van der Waals surface area (Å²) in [7, 11) is 2.17. The Bertz CT molecular complexity index is 236. The van der Waals surface area contributed by atoms with Crippen LogP contribution in [0.15, 0.2) is 0 Å². The largest absolute Gasteiger partial charge is 0.389 e. The van der Waals surface area contributed by atoms with Crippen molar-refractivity contribution in [3.05, 3.63) is 0 Å². The van der Waals surface area contributed by atoms with Crippen molar-refractivity contribution in [1.82, 2.24) is 4.90 Å². The molecule has 1 saturated carbocycles. The van der Waals surface area contributed by atoms with Crippen molar-refractivity contribution in [1.29, 1.82) is 0 Å². The molecule has 0 radical (unpaired) electrons. The van der Waals surface area contributed by atoms with Gasteiger partial charge in [0.15, 0.2) is 0 Å². The molecule has 1 aliphatic carbocycles. The van der Waals surface area contributed by atoms with Crippen LogP contribution < -0.4 is 0 Å². The van der Waals surface area contributed by atoms with Gasteiger partial charge in [0, 0.05) is 6.54 Å². The van der Waals surface area contributed by atoms with Crippen molar-refractivity contribution in [2.45, 2.75) is 102 Å². The highest BCUT2D eigenvalue weighted by Gasteiger charge is 2.31. The predicted octanol–water partition coefficient (Wildman–Crippen LogP) is 5.14. The van der Waals surface area contributed by atoms with E-state index in [0.29, 0.717) is 0 Å². The van der Waals surface area contributed by atoms with E-state index in [0.717, 1.165) is 25.9 Å². The summed E-state index contributed by atoms with van der Waals surface area (Å²) in [4.78, 5) is 2.34. The number of unbranched alkanes of at least 4 members (excludes halogenated alkanes) is 9. The van der Waals surface area contributed by atoms with Gasteiger partial charge < -0.3 is 10.0 Å². The van der Waals surface area contributed by atoms with Gasteiger partial charge >= 0.3 is 0 Å². The minimum Gasteiger partial charge on any atom is -0.389 e. The lowest BCUT2D eigenvalue weighted by Crippen LogP contribution is -2.39. The minimum absolute atomic E-state index is 0.368. The topological polar surface area (TPSA) is 23.5 Å². The maximum atomic E-state index is 10.4. The number of hydrogen-bond acceptors (Lipinski definition) is 2. The molecule has 0 amide bonds. The van der Waals surface area contributed by atoms with Crippen LogP contribution in [0, 0.1) is 0 Å². The first-order valence-electron chi connectivity index (χ1n) is 9.57. The van der Waals surface area contributed by atoms with Crippen LogP contribution >= 0.6 is 0 Å². The number of nitrogens with zero attached hydrogens (tertiary/aromatic N) is 1. The SMILES string of the molecule is CCCCCCCCCCCCN(C)CC1(O)CCCC1. The zero-order chi connectivity index (χ0) is 15.4. The van der Waals surface area contributed by atoms with Gasteiger partial charge in [0.05, 0.1) is 5.60 Å². The maximum absolute atomic E-state index is 10.4. The minimum atomic E-state index is -0.368. The molecular weight excluding hydrogens is 258 g/mol. The standard InChI is InChI=1S/C19H39NO/c1-3-4-5-6-7-8-9-10-11-14-17-20(2)18-19(21)15-12-13-16-19/h21H,3-18H2,1-2H3. The van der Waals surface area contributed by atoms with Gasteiger partial charge in [-0.3, -0.25) is 0 Å². The van der Waals surface area contributed by atoms with Gasteiger partial charge in [-0.25, -0.2) is 0 Å². The Morgan fingerprint density at radius 3 is 1.81 bits per heavy atom. The smallest absolute Gasteiger partial charge is 0.0774 e. The van der Waals surface area contributed by atoms with Gasteiger partial charge in [-0.1, -0.05) is 77.6 Å². The van der Waals surface area contributed by atoms with Crippen LogP contribution in [0.25, 0.3) is 0 Å². The van der Waals surface area contributed by atoms with E-state index in [2.05, 4.69) is 18.9 Å². The summed E-state index contributed by atoms with van der Waals surface area (Å²) in [5, 5.41) is 10.4. The van der Waals surface area contributed by atoms with Crippen LogP contribution in [-0.4, -0.2) is 35.7 Å². The molecule has 21 heavy (non-hydrogen) atoms. The van der Waals surface area contributed by atoms with E-state index in [-0.39, 0.29) is 5.60 Å². The summed E-state index contributed by atoms with van der Waals surface area (Å²) < 4.78 is 0.